The van der Waals surface area contributed by atoms with E-state index < -0.39 is 11.6 Å². The van der Waals surface area contributed by atoms with Crippen LogP contribution in [-0.4, -0.2) is 54.6 Å². The molecule has 2 aliphatic rings. The Morgan fingerprint density at radius 3 is 2.56 bits per heavy atom. The van der Waals surface area contributed by atoms with E-state index in [4.69, 9.17) is 4.74 Å². The molecule has 0 unspecified atom stereocenters. The SMILES string of the molecule is CN1CC=CC(NC(=O)N2CCC(Oc3cc(F)cc(F)c3)CC2)=N1. The lowest BCUT2D eigenvalue weighted by Crippen LogP contribution is -2.48. The zero-order chi connectivity index (χ0) is 17.8. The quantitative estimate of drug-likeness (QED) is 0.891. The number of nitrogens with zero attached hydrogens (tertiary/aromatic N) is 3. The van der Waals surface area contributed by atoms with Gasteiger partial charge in [0.1, 0.15) is 23.5 Å². The molecule has 0 bridgehead atoms. The van der Waals surface area contributed by atoms with Crippen LogP contribution in [0.2, 0.25) is 0 Å². The summed E-state index contributed by atoms with van der Waals surface area (Å²) >= 11 is 0. The number of halogens is 2. The third-order valence-electron chi connectivity index (χ3n) is 4.03. The van der Waals surface area contributed by atoms with E-state index >= 15 is 0 Å². The van der Waals surface area contributed by atoms with Crippen LogP contribution in [0.15, 0.2) is 35.5 Å². The van der Waals surface area contributed by atoms with E-state index in [0.29, 0.717) is 38.3 Å². The molecule has 1 aromatic carbocycles. The maximum atomic E-state index is 13.2. The van der Waals surface area contributed by atoms with Gasteiger partial charge in [0, 0.05) is 51.2 Å². The van der Waals surface area contributed by atoms with Gasteiger partial charge in [0.05, 0.1) is 6.54 Å². The second kappa shape index (κ2) is 7.50. The molecule has 1 N–H and O–H groups in total. The topological polar surface area (TPSA) is 57.2 Å². The molecule has 1 saturated heterocycles. The highest BCUT2D eigenvalue weighted by molar-refractivity contribution is 6.03. The van der Waals surface area contributed by atoms with E-state index in [2.05, 4.69) is 10.4 Å². The van der Waals surface area contributed by atoms with Gasteiger partial charge in [0.15, 0.2) is 5.84 Å². The van der Waals surface area contributed by atoms with Crippen molar-refractivity contribution in [3.05, 3.63) is 42.0 Å². The van der Waals surface area contributed by atoms with Gasteiger partial charge >= 0.3 is 6.03 Å². The predicted molar refractivity (Wildman–Crippen MR) is 89.3 cm³/mol. The molecule has 8 heteroatoms. The molecule has 2 aliphatic heterocycles. The third-order valence-corrected chi connectivity index (χ3v) is 4.03. The van der Waals surface area contributed by atoms with Crippen LogP contribution in [0.3, 0.4) is 0 Å². The molecule has 25 heavy (non-hydrogen) atoms. The maximum absolute atomic E-state index is 13.2. The van der Waals surface area contributed by atoms with Gasteiger partial charge in [-0.1, -0.05) is 6.08 Å². The first-order valence-corrected chi connectivity index (χ1v) is 8.14. The van der Waals surface area contributed by atoms with Crippen LogP contribution in [0.1, 0.15) is 12.8 Å². The lowest BCUT2D eigenvalue weighted by molar-refractivity contribution is 0.112. The number of amidine groups is 1. The highest BCUT2D eigenvalue weighted by Gasteiger charge is 2.25. The van der Waals surface area contributed by atoms with Crippen LogP contribution >= 0.6 is 0 Å². The first-order chi connectivity index (χ1) is 12.0. The number of hydrogen-bond donors (Lipinski definition) is 1. The number of likely N-dealkylation sites (N-methyl/N-ethyl adjacent to an activating group) is 1. The number of urea groups is 1. The first kappa shape index (κ1) is 17.2. The van der Waals surface area contributed by atoms with Gasteiger partial charge in [-0.25, -0.2) is 13.6 Å². The van der Waals surface area contributed by atoms with Gasteiger partial charge in [-0.15, -0.1) is 0 Å². The number of nitrogens with one attached hydrogen (secondary N) is 1. The number of rotatable bonds is 2. The van der Waals surface area contributed by atoms with Gasteiger partial charge in [0.25, 0.3) is 0 Å². The standard InChI is InChI=1S/C17H20F2N4O2/c1-22-6-2-3-16(21-22)20-17(24)23-7-4-14(5-8-23)25-15-10-12(18)9-13(19)11-15/h2-3,9-11,14H,4-8H2,1H3,(H,20,21,24). The van der Waals surface area contributed by atoms with Crippen molar-refractivity contribution >= 4 is 11.9 Å². The fraction of sp³-hybridized carbons (Fsp3) is 0.412. The normalized spacial score (nSPS) is 18.1. The van der Waals surface area contributed by atoms with Crippen molar-refractivity contribution in [2.45, 2.75) is 18.9 Å². The molecule has 6 nitrogen and oxygen atoms in total. The van der Waals surface area contributed by atoms with Crippen LogP contribution in [-0.2, 0) is 0 Å². The largest absolute Gasteiger partial charge is 0.490 e. The van der Waals surface area contributed by atoms with Crippen LogP contribution in [0, 0.1) is 11.6 Å². The van der Waals surface area contributed by atoms with Crippen molar-refractivity contribution in [3.63, 3.8) is 0 Å². The molecular formula is C17H20F2N4O2. The molecule has 0 atom stereocenters. The van der Waals surface area contributed by atoms with Crippen LogP contribution in [0.4, 0.5) is 13.6 Å². The number of carbonyl (C=O) groups is 1. The summed E-state index contributed by atoms with van der Waals surface area (Å²) in [4.78, 5) is 13.9. The average Bonchev–Trinajstić information content (AvgIpc) is 2.54. The monoisotopic (exact) mass is 350 g/mol. The zero-order valence-corrected chi connectivity index (χ0v) is 13.9. The van der Waals surface area contributed by atoms with Crippen LogP contribution in [0.25, 0.3) is 0 Å². The van der Waals surface area contributed by atoms with E-state index in [1.54, 1.807) is 16.0 Å². The highest BCUT2D eigenvalue weighted by atomic mass is 19.1. The number of benzene rings is 1. The van der Waals surface area contributed by atoms with Gasteiger partial charge in [-0.2, -0.15) is 5.10 Å². The molecule has 1 fully saturated rings. The number of likely N-dealkylation sites (tertiary alicyclic amines) is 1. The van der Waals surface area contributed by atoms with Crippen molar-refractivity contribution in [1.82, 2.24) is 15.2 Å². The Morgan fingerprint density at radius 1 is 1.24 bits per heavy atom. The molecular weight excluding hydrogens is 330 g/mol. The summed E-state index contributed by atoms with van der Waals surface area (Å²) < 4.78 is 32.0. The average molecular weight is 350 g/mol. The van der Waals surface area contributed by atoms with Gasteiger partial charge < -0.3 is 9.64 Å². The fourth-order valence-corrected chi connectivity index (χ4v) is 2.80. The number of ether oxygens (including phenoxy) is 1. The molecule has 0 radical (unpaired) electrons. The lowest BCUT2D eigenvalue weighted by Gasteiger charge is -2.32. The minimum atomic E-state index is -0.668. The Bertz CT molecular complexity index is 680. The maximum Gasteiger partial charge on any atom is 0.323 e. The number of piperidine rings is 1. The second-order valence-corrected chi connectivity index (χ2v) is 6.07. The molecule has 2 heterocycles. The van der Waals surface area contributed by atoms with E-state index in [1.807, 2.05) is 13.1 Å². The predicted octanol–water partition coefficient (Wildman–Crippen LogP) is 2.33. The summed E-state index contributed by atoms with van der Waals surface area (Å²) in [5.41, 5.74) is 0. The molecule has 3 rings (SSSR count). The Labute approximate surface area is 144 Å². The van der Waals surface area contributed by atoms with Crippen molar-refractivity contribution in [2.24, 2.45) is 5.10 Å². The minimum Gasteiger partial charge on any atom is -0.490 e. The Hall–Kier alpha value is -2.64. The summed E-state index contributed by atoms with van der Waals surface area (Å²) in [5, 5.41) is 8.71. The fourth-order valence-electron chi connectivity index (χ4n) is 2.80. The van der Waals surface area contributed by atoms with Crippen LogP contribution in [0.5, 0.6) is 5.75 Å². The summed E-state index contributed by atoms with van der Waals surface area (Å²) in [5.74, 6) is -0.659. The lowest BCUT2D eigenvalue weighted by atomic mass is 10.1. The molecule has 0 spiro atoms. The smallest absolute Gasteiger partial charge is 0.323 e. The van der Waals surface area contributed by atoms with Crippen molar-refractivity contribution in [3.8, 4) is 5.75 Å². The Morgan fingerprint density at radius 2 is 1.92 bits per heavy atom. The molecule has 2 amide bonds. The van der Waals surface area contributed by atoms with E-state index in [1.165, 1.54) is 0 Å². The van der Waals surface area contributed by atoms with Crippen molar-refractivity contribution in [1.29, 1.82) is 0 Å². The minimum absolute atomic E-state index is 0.171. The Balaban J connectivity index is 1.49. The zero-order valence-electron chi connectivity index (χ0n) is 13.9. The molecule has 0 aromatic heterocycles. The van der Waals surface area contributed by atoms with Gasteiger partial charge in [-0.05, 0) is 6.08 Å². The molecule has 0 saturated carbocycles. The summed E-state index contributed by atoms with van der Waals surface area (Å²) in [6.45, 7) is 1.71. The first-order valence-electron chi connectivity index (χ1n) is 8.14. The van der Waals surface area contributed by atoms with Crippen molar-refractivity contribution in [2.75, 3.05) is 26.7 Å². The molecule has 0 aliphatic carbocycles. The van der Waals surface area contributed by atoms with E-state index in [9.17, 15) is 13.6 Å². The van der Waals surface area contributed by atoms with Crippen LogP contribution < -0.4 is 10.1 Å². The van der Waals surface area contributed by atoms with Gasteiger partial charge in [-0.3, -0.25) is 10.3 Å². The molecule has 134 valence electrons. The summed E-state index contributed by atoms with van der Waals surface area (Å²) in [7, 11) is 1.83. The number of hydrazone groups is 1. The number of hydrogen-bond acceptors (Lipinski definition) is 4. The Kier molecular flexibility index (Phi) is 5.16. The summed E-state index contributed by atoms with van der Waals surface area (Å²) in [6.07, 6.45) is 4.69. The third kappa shape index (κ3) is 4.68. The highest BCUT2D eigenvalue weighted by Crippen LogP contribution is 2.21. The number of amides is 2. The second-order valence-electron chi connectivity index (χ2n) is 6.07. The van der Waals surface area contributed by atoms with E-state index in [0.717, 1.165) is 18.2 Å². The van der Waals surface area contributed by atoms with Gasteiger partial charge in [0.2, 0.25) is 0 Å². The number of carbonyl (C=O) groups excluding carboxylic acids is 1. The summed E-state index contributed by atoms with van der Waals surface area (Å²) in [6, 6.07) is 2.91. The molecule has 1 aromatic rings. The van der Waals surface area contributed by atoms with E-state index in [-0.39, 0.29) is 17.9 Å². The van der Waals surface area contributed by atoms with Crippen molar-refractivity contribution < 1.29 is 18.3 Å².